The number of hydrogen-bond donors (Lipinski definition) is 0. The van der Waals surface area contributed by atoms with E-state index in [0.717, 1.165) is 17.1 Å². The van der Waals surface area contributed by atoms with E-state index < -0.39 is 10.0 Å². The lowest BCUT2D eigenvalue weighted by Crippen LogP contribution is -2.50. The van der Waals surface area contributed by atoms with Crippen LogP contribution >= 0.6 is 11.8 Å². The van der Waals surface area contributed by atoms with Gasteiger partial charge in [-0.1, -0.05) is 49.4 Å². The zero-order chi connectivity index (χ0) is 20.0. The maximum absolute atomic E-state index is 12.7. The van der Waals surface area contributed by atoms with E-state index in [1.165, 1.54) is 9.87 Å². The molecule has 2 aromatic rings. The van der Waals surface area contributed by atoms with Gasteiger partial charge < -0.3 is 4.90 Å². The van der Waals surface area contributed by atoms with Crippen LogP contribution in [-0.2, 0) is 21.5 Å². The Kier molecular flexibility index (Phi) is 7.15. The molecular formula is C21H26N2O3S2. The van der Waals surface area contributed by atoms with E-state index in [4.69, 9.17) is 0 Å². The van der Waals surface area contributed by atoms with E-state index in [1.54, 1.807) is 4.90 Å². The molecule has 150 valence electrons. The van der Waals surface area contributed by atoms with Gasteiger partial charge in [-0.3, -0.25) is 4.79 Å². The predicted molar refractivity (Wildman–Crippen MR) is 115 cm³/mol. The van der Waals surface area contributed by atoms with Crippen molar-refractivity contribution in [2.45, 2.75) is 18.4 Å². The Balaban J connectivity index is 1.56. The fourth-order valence-electron chi connectivity index (χ4n) is 3.19. The summed E-state index contributed by atoms with van der Waals surface area (Å²) in [6, 6.07) is 16.9. The highest BCUT2D eigenvalue weighted by Gasteiger charge is 2.29. The number of hydrogen-bond acceptors (Lipinski definition) is 4. The minimum atomic E-state index is -3.37. The van der Waals surface area contributed by atoms with Gasteiger partial charge in [-0.05, 0) is 29.0 Å². The molecule has 1 aliphatic heterocycles. The van der Waals surface area contributed by atoms with E-state index in [1.807, 2.05) is 66.4 Å². The fraction of sp³-hybridized carbons (Fsp3) is 0.381. The zero-order valence-electron chi connectivity index (χ0n) is 16.1. The highest BCUT2D eigenvalue weighted by Crippen LogP contribution is 2.17. The van der Waals surface area contributed by atoms with Crippen LogP contribution in [0.5, 0.6) is 0 Å². The summed E-state index contributed by atoms with van der Waals surface area (Å²) in [5.74, 6) is 1.98. The number of thioether (sulfide) groups is 1. The third-order valence-corrected chi connectivity index (χ3v) is 7.58. The number of rotatable bonds is 7. The predicted octanol–water partition coefficient (Wildman–Crippen LogP) is 3.23. The van der Waals surface area contributed by atoms with Crippen molar-refractivity contribution in [2.75, 3.05) is 31.9 Å². The van der Waals surface area contributed by atoms with Crippen molar-refractivity contribution < 1.29 is 13.2 Å². The quantitative estimate of drug-likeness (QED) is 0.693. The standard InChI is InChI=1S/C21H26N2O3S2/c1-2-27-16-18-8-10-20(11-9-18)21(24)22-12-14-23(15-13-22)28(25,26)17-19-6-4-3-5-7-19/h3-11H,2,12-17H2,1H3. The van der Waals surface area contributed by atoms with Crippen LogP contribution in [0.1, 0.15) is 28.4 Å². The van der Waals surface area contributed by atoms with Crippen molar-refractivity contribution >= 4 is 27.7 Å². The van der Waals surface area contributed by atoms with Gasteiger partial charge in [-0.25, -0.2) is 8.42 Å². The Morgan fingerprint density at radius 2 is 1.57 bits per heavy atom. The molecular weight excluding hydrogens is 392 g/mol. The van der Waals surface area contributed by atoms with E-state index >= 15 is 0 Å². The van der Waals surface area contributed by atoms with Crippen LogP contribution in [0.15, 0.2) is 54.6 Å². The molecule has 1 saturated heterocycles. The Labute approximate surface area is 171 Å². The molecule has 7 heteroatoms. The molecule has 3 rings (SSSR count). The van der Waals surface area contributed by atoms with Gasteiger partial charge in [0, 0.05) is 37.5 Å². The number of benzene rings is 2. The fourth-order valence-corrected chi connectivity index (χ4v) is 5.34. The molecule has 2 aromatic carbocycles. The van der Waals surface area contributed by atoms with Gasteiger partial charge in [0.1, 0.15) is 0 Å². The van der Waals surface area contributed by atoms with Crippen molar-refractivity contribution in [3.8, 4) is 0 Å². The third kappa shape index (κ3) is 5.37. The minimum Gasteiger partial charge on any atom is -0.336 e. The molecule has 0 bridgehead atoms. The molecule has 0 aromatic heterocycles. The SMILES string of the molecule is CCSCc1ccc(C(=O)N2CCN(S(=O)(=O)Cc3ccccc3)CC2)cc1. The van der Waals surface area contributed by atoms with Crippen LogP contribution in [0.25, 0.3) is 0 Å². The first kappa shape index (κ1) is 20.9. The number of carbonyl (C=O) groups is 1. The normalized spacial score (nSPS) is 15.5. The second-order valence-corrected chi connectivity index (χ2v) is 10.0. The minimum absolute atomic E-state index is 0.000972. The van der Waals surface area contributed by atoms with E-state index in [9.17, 15) is 13.2 Å². The molecule has 1 amide bonds. The molecule has 1 heterocycles. The molecule has 0 unspecified atom stereocenters. The molecule has 28 heavy (non-hydrogen) atoms. The highest BCUT2D eigenvalue weighted by atomic mass is 32.2. The Bertz CT molecular complexity index is 876. The van der Waals surface area contributed by atoms with Gasteiger partial charge in [-0.15, -0.1) is 0 Å². The molecule has 0 aliphatic carbocycles. The maximum Gasteiger partial charge on any atom is 0.253 e. The van der Waals surface area contributed by atoms with Crippen molar-refractivity contribution in [3.05, 3.63) is 71.3 Å². The Morgan fingerprint density at radius 3 is 2.18 bits per heavy atom. The second kappa shape index (κ2) is 9.58. The molecule has 1 aliphatic rings. The van der Waals surface area contributed by atoms with Crippen LogP contribution in [-0.4, -0.2) is 55.5 Å². The zero-order valence-corrected chi connectivity index (χ0v) is 17.7. The first-order chi connectivity index (χ1) is 13.5. The van der Waals surface area contributed by atoms with Crippen molar-refractivity contribution in [2.24, 2.45) is 0 Å². The summed E-state index contributed by atoms with van der Waals surface area (Å²) in [5.41, 5.74) is 2.65. The molecule has 0 radical (unpaired) electrons. The van der Waals surface area contributed by atoms with Crippen LogP contribution in [0.3, 0.4) is 0 Å². The Hall–Kier alpha value is -1.83. The smallest absolute Gasteiger partial charge is 0.253 e. The van der Waals surface area contributed by atoms with Crippen LogP contribution < -0.4 is 0 Å². The van der Waals surface area contributed by atoms with Crippen LogP contribution in [0.2, 0.25) is 0 Å². The first-order valence-corrected chi connectivity index (χ1v) is 12.2. The number of piperazine rings is 1. The first-order valence-electron chi connectivity index (χ1n) is 9.47. The topological polar surface area (TPSA) is 57.7 Å². The summed E-state index contributed by atoms with van der Waals surface area (Å²) in [6.07, 6.45) is 0. The van der Waals surface area contributed by atoms with Gasteiger partial charge in [-0.2, -0.15) is 16.1 Å². The number of carbonyl (C=O) groups excluding carboxylic acids is 1. The van der Waals surface area contributed by atoms with Gasteiger partial charge >= 0.3 is 0 Å². The lowest BCUT2D eigenvalue weighted by atomic mass is 10.1. The van der Waals surface area contributed by atoms with Crippen LogP contribution in [0, 0.1) is 0 Å². The number of amides is 1. The van der Waals surface area contributed by atoms with Crippen LogP contribution in [0.4, 0.5) is 0 Å². The Morgan fingerprint density at radius 1 is 0.929 bits per heavy atom. The third-order valence-electron chi connectivity index (χ3n) is 4.78. The average molecular weight is 419 g/mol. The van der Waals surface area contributed by atoms with Gasteiger partial charge in [0.05, 0.1) is 5.75 Å². The summed E-state index contributed by atoms with van der Waals surface area (Å²) in [6.45, 7) is 3.64. The van der Waals surface area contributed by atoms with Crippen molar-refractivity contribution in [1.82, 2.24) is 9.21 Å². The summed E-state index contributed by atoms with van der Waals surface area (Å²) in [5, 5.41) is 0. The van der Waals surface area contributed by atoms with Gasteiger partial charge in [0.15, 0.2) is 0 Å². The summed E-state index contributed by atoms with van der Waals surface area (Å²) < 4.78 is 26.8. The molecule has 0 N–H and O–H groups in total. The van der Waals surface area contributed by atoms with Gasteiger partial charge in [0.25, 0.3) is 5.91 Å². The van der Waals surface area contributed by atoms with Gasteiger partial charge in [0.2, 0.25) is 10.0 Å². The monoisotopic (exact) mass is 418 g/mol. The lowest BCUT2D eigenvalue weighted by Gasteiger charge is -2.34. The van der Waals surface area contributed by atoms with E-state index in [-0.39, 0.29) is 11.7 Å². The largest absolute Gasteiger partial charge is 0.336 e. The summed E-state index contributed by atoms with van der Waals surface area (Å²) in [4.78, 5) is 14.5. The highest BCUT2D eigenvalue weighted by molar-refractivity contribution is 7.98. The van der Waals surface area contributed by atoms with E-state index in [2.05, 4.69) is 6.92 Å². The molecule has 0 atom stereocenters. The lowest BCUT2D eigenvalue weighted by molar-refractivity contribution is 0.0698. The average Bonchev–Trinajstić information content (AvgIpc) is 2.72. The van der Waals surface area contributed by atoms with Crippen molar-refractivity contribution in [3.63, 3.8) is 0 Å². The second-order valence-electron chi connectivity index (χ2n) is 6.77. The molecule has 0 saturated carbocycles. The van der Waals surface area contributed by atoms with E-state index in [0.29, 0.717) is 31.7 Å². The van der Waals surface area contributed by atoms with Crippen molar-refractivity contribution in [1.29, 1.82) is 0 Å². The molecule has 1 fully saturated rings. The number of sulfonamides is 1. The molecule has 0 spiro atoms. The summed E-state index contributed by atoms with van der Waals surface area (Å²) in [7, 11) is -3.37. The molecule has 5 nitrogen and oxygen atoms in total. The number of nitrogens with zero attached hydrogens (tertiary/aromatic N) is 2. The maximum atomic E-state index is 12.7. The summed E-state index contributed by atoms with van der Waals surface area (Å²) >= 11 is 1.85.